The Morgan fingerprint density at radius 1 is 1.20 bits per heavy atom. The molecule has 1 aliphatic heterocycles. The number of aryl methyl sites for hydroxylation is 1. The Kier molecular flexibility index (Phi) is 6.43. The Hall–Kier alpha value is -1.46. The van der Waals surface area contributed by atoms with Crippen molar-refractivity contribution in [1.29, 1.82) is 0 Å². The van der Waals surface area contributed by atoms with Gasteiger partial charge in [0.15, 0.2) is 0 Å². The summed E-state index contributed by atoms with van der Waals surface area (Å²) in [5.41, 5.74) is 9.75. The van der Waals surface area contributed by atoms with Crippen molar-refractivity contribution in [3.05, 3.63) is 23.2 Å². The highest BCUT2D eigenvalue weighted by molar-refractivity contribution is 5.73. The summed E-state index contributed by atoms with van der Waals surface area (Å²) >= 11 is 0. The number of aliphatic hydroxyl groups is 1. The molecule has 2 heterocycles. The minimum Gasteiger partial charge on any atom is -0.392 e. The molecular weight excluding hydrogens is 312 g/mol. The lowest BCUT2D eigenvalue weighted by atomic mass is 10.1. The second-order valence-corrected chi connectivity index (χ2v) is 7.44. The summed E-state index contributed by atoms with van der Waals surface area (Å²) in [7, 11) is 0. The molecular formula is C20H32N4O. The van der Waals surface area contributed by atoms with E-state index in [4.69, 9.17) is 10.7 Å². The van der Waals surface area contributed by atoms with Crippen LogP contribution in [-0.2, 0) is 12.8 Å². The lowest BCUT2D eigenvalue weighted by molar-refractivity contribution is 0.176. The number of hydrogen-bond acceptors (Lipinski definition) is 5. The lowest BCUT2D eigenvalue weighted by Gasteiger charge is -2.14. The van der Waals surface area contributed by atoms with Crippen molar-refractivity contribution in [2.75, 3.05) is 25.4 Å². The van der Waals surface area contributed by atoms with Crippen molar-refractivity contribution >= 4 is 11.4 Å². The van der Waals surface area contributed by atoms with E-state index in [1.54, 1.807) is 0 Å². The number of aromatic nitrogens is 2. The summed E-state index contributed by atoms with van der Waals surface area (Å²) in [6.07, 6.45) is 11.9. The molecule has 2 aliphatic rings. The van der Waals surface area contributed by atoms with Crippen LogP contribution in [0.3, 0.4) is 0 Å². The fraction of sp³-hybridized carbons (Fsp3) is 0.700. The molecule has 0 amide bonds. The van der Waals surface area contributed by atoms with E-state index >= 15 is 0 Å². The van der Waals surface area contributed by atoms with Gasteiger partial charge in [-0.2, -0.15) is 0 Å². The first-order chi connectivity index (χ1) is 12.2. The van der Waals surface area contributed by atoms with Gasteiger partial charge < -0.3 is 15.7 Å². The maximum absolute atomic E-state index is 9.57. The number of anilines is 1. The van der Waals surface area contributed by atoms with Gasteiger partial charge >= 0.3 is 0 Å². The number of nitrogen functional groups attached to an aromatic ring is 1. The van der Waals surface area contributed by atoms with Crippen molar-refractivity contribution in [1.82, 2.24) is 14.9 Å². The molecule has 25 heavy (non-hydrogen) atoms. The fourth-order valence-electron chi connectivity index (χ4n) is 3.85. The van der Waals surface area contributed by atoms with Gasteiger partial charge in [-0.15, -0.1) is 0 Å². The number of nitrogens with two attached hydrogens (primary N) is 1. The largest absolute Gasteiger partial charge is 0.392 e. The molecule has 5 heteroatoms. The second-order valence-electron chi connectivity index (χ2n) is 7.44. The van der Waals surface area contributed by atoms with E-state index in [9.17, 15) is 5.11 Å². The van der Waals surface area contributed by atoms with E-state index in [0.717, 1.165) is 75.2 Å². The maximum atomic E-state index is 9.57. The van der Waals surface area contributed by atoms with Crippen LogP contribution in [0, 0.1) is 0 Å². The van der Waals surface area contributed by atoms with E-state index in [-0.39, 0.29) is 6.10 Å². The first-order valence-electron chi connectivity index (χ1n) is 9.92. The Morgan fingerprint density at radius 3 is 2.84 bits per heavy atom. The highest BCUT2D eigenvalue weighted by atomic mass is 16.3. The quantitative estimate of drug-likeness (QED) is 0.674. The van der Waals surface area contributed by atoms with Crippen LogP contribution in [0.25, 0.3) is 5.57 Å². The van der Waals surface area contributed by atoms with Crippen LogP contribution in [0.4, 0.5) is 5.82 Å². The maximum Gasteiger partial charge on any atom is 0.131 e. The number of fused-ring (bicyclic) bond motifs is 1. The number of allylic oxidation sites excluding steroid dienone is 2. The molecule has 1 saturated heterocycles. The molecule has 138 valence electrons. The Labute approximate surface area is 151 Å². The van der Waals surface area contributed by atoms with Crippen LogP contribution in [0.5, 0.6) is 0 Å². The molecule has 1 aliphatic carbocycles. The summed E-state index contributed by atoms with van der Waals surface area (Å²) < 4.78 is 0. The van der Waals surface area contributed by atoms with Gasteiger partial charge in [-0.3, -0.25) is 0 Å². The number of likely N-dealkylation sites (tertiary alicyclic amines) is 1. The van der Waals surface area contributed by atoms with Crippen molar-refractivity contribution < 1.29 is 5.11 Å². The summed E-state index contributed by atoms with van der Waals surface area (Å²) in [4.78, 5) is 11.7. The molecule has 0 spiro atoms. The van der Waals surface area contributed by atoms with Crippen LogP contribution in [0.15, 0.2) is 6.08 Å². The van der Waals surface area contributed by atoms with Crippen molar-refractivity contribution in [3.8, 4) is 0 Å². The van der Waals surface area contributed by atoms with Gasteiger partial charge in [0, 0.05) is 25.1 Å². The monoisotopic (exact) mass is 344 g/mol. The minimum atomic E-state index is -0.104. The third-order valence-electron chi connectivity index (χ3n) is 5.36. The van der Waals surface area contributed by atoms with Gasteiger partial charge in [0.25, 0.3) is 0 Å². The zero-order valence-corrected chi connectivity index (χ0v) is 15.5. The summed E-state index contributed by atoms with van der Waals surface area (Å²) in [6, 6.07) is 0. The number of rotatable bonds is 9. The first-order valence-corrected chi connectivity index (χ1v) is 9.92. The average molecular weight is 345 g/mol. The molecule has 1 aromatic rings. The van der Waals surface area contributed by atoms with E-state index in [2.05, 4.69) is 22.9 Å². The van der Waals surface area contributed by atoms with E-state index < -0.39 is 0 Å². The number of hydrogen-bond donors (Lipinski definition) is 2. The number of unbranched alkanes of at least 4 members (excludes halogenated alkanes) is 3. The van der Waals surface area contributed by atoms with Crippen molar-refractivity contribution in [3.63, 3.8) is 0 Å². The molecule has 1 fully saturated rings. The zero-order valence-electron chi connectivity index (χ0n) is 15.5. The van der Waals surface area contributed by atoms with Gasteiger partial charge in [-0.05, 0) is 50.6 Å². The van der Waals surface area contributed by atoms with Gasteiger partial charge in [0.05, 0.1) is 11.8 Å². The Morgan fingerprint density at radius 2 is 2.08 bits per heavy atom. The predicted octanol–water partition coefficient (Wildman–Crippen LogP) is 2.97. The van der Waals surface area contributed by atoms with Gasteiger partial charge in [-0.25, -0.2) is 9.97 Å². The molecule has 5 nitrogen and oxygen atoms in total. The summed E-state index contributed by atoms with van der Waals surface area (Å²) in [6.45, 7) is 5.21. The van der Waals surface area contributed by atoms with Crippen LogP contribution in [0.1, 0.15) is 69.0 Å². The van der Waals surface area contributed by atoms with E-state index in [0.29, 0.717) is 5.82 Å². The number of nitrogens with zero attached hydrogens (tertiary/aromatic N) is 3. The topological polar surface area (TPSA) is 75.3 Å². The Bertz CT molecular complexity index is 614. The highest BCUT2D eigenvalue weighted by Gasteiger charge is 2.21. The summed E-state index contributed by atoms with van der Waals surface area (Å²) in [5.74, 6) is 1.58. The molecule has 0 radical (unpaired) electrons. The molecule has 1 atom stereocenters. The highest BCUT2D eigenvalue weighted by Crippen LogP contribution is 2.32. The number of aliphatic hydroxyl groups excluding tert-OH is 1. The van der Waals surface area contributed by atoms with Gasteiger partial charge in [0.2, 0.25) is 0 Å². The van der Waals surface area contributed by atoms with Gasteiger partial charge in [0.1, 0.15) is 11.6 Å². The van der Waals surface area contributed by atoms with E-state index in [1.165, 1.54) is 24.8 Å². The summed E-state index contributed by atoms with van der Waals surface area (Å²) in [5, 5.41) is 9.57. The molecule has 3 rings (SSSR count). The fourth-order valence-corrected chi connectivity index (χ4v) is 3.85. The minimum absolute atomic E-state index is 0.104. The Balaban J connectivity index is 1.46. The molecule has 3 N–H and O–H groups in total. The van der Waals surface area contributed by atoms with E-state index in [1.807, 2.05) is 0 Å². The predicted molar refractivity (Wildman–Crippen MR) is 102 cm³/mol. The second kappa shape index (κ2) is 8.77. The molecule has 0 unspecified atom stereocenters. The SMILES string of the molecule is CCCCc1nc(N)c2c(n1)C(CCCCCN1CC[C@H](O)C1)=CC2. The zero-order chi connectivity index (χ0) is 17.6. The third kappa shape index (κ3) is 4.79. The molecule has 1 aromatic heterocycles. The normalized spacial score (nSPS) is 20.1. The number of β-amino-alcohol motifs (C(OH)–C–C–N with tert-alkyl or cyclic N) is 1. The smallest absolute Gasteiger partial charge is 0.131 e. The van der Waals surface area contributed by atoms with Crippen LogP contribution < -0.4 is 5.73 Å². The molecule has 0 saturated carbocycles. The average Bonchev–Trinajstić information content (AvgIpc) is 3.19. The van der Waals surface area contributed by atoms with Crippen LogP contribution >= 0.6 is 0 Å². The van der Waals surface area contributed by atoms with Crippen molar-refractivity contribution in [2.24, 2.45) is 0 Å². The van der Waals surface area contributed by atoms with Gasteiger partial charge in [-0.1, -0.05) is 25.8 Å². The molecule has 0 bridgehead atoms. The molecule has 0 aromatic carbocycles. The third-order valence-corrected chi connectivity index (χ3v) is 5.36. The first kappa shape index (κ1) is 18.3. The van der Waals surface area contributed by atoms with Crippen molar-refractivity contribution in [2.45, 2.75) is 70.8 Å². The lowest BCUT2D eigenvalue weighted by Crippen LogP contribution is -2.23. The van der Waals surface area contributed by atoms with Crippen LogP contribution in [-0.4, -0.2) is 45.7 Å². The standard InChI is InChI=1S/C20H32N4O/c1-2-3-8-18-22-19-15(9-10-17(19)20(21)23-18)7-5-4-6-12-24-13-11-16(25)14-24/h9,16,25H,2-8,10-14H2,1H3,(H2,21,22,23)/t16-/m0/s1. The van der Waals surface area contributed by atoms with Crippen LogP contribution in [0.2, 0.25) is 0 Å².